The van der Waals surface area contributed by atoms with Crippen molar-refractivity contribution in [3.8, 4) is 11.5 Å². The Hall–Kier alpha value is -3.16. The van der Waals surface area contributed by atoms with Crippen molar-refractivity contribution in [3.05, 3.63) is 71.3 Å². The summed E-state index contributed by atoms with van der Waals surface area (Å²) in [4.78, 5) is 24.1. The molecule has 154 valence electrons. The van der Waals surface area contributed by atoms with Gasteiger partial charge >= 0.3 is 0 Å². The molecule has 0 saturated heterocycles. The highest BCUT2D eigenvalue weighted by atomic mass is 35.5. The summed E-state index contributed by atoms with van der Waals surface area (Å²) in [5.74, 6) is 0.0642. The predicted molar refractivity (Wildman–Crippen MR) is 114 cm³/mol. The number of H-pyrrole nitrogens is 1. The van der Waals surface area contributed by atoms with Gasteiger partial charge in [-0.05, 0) is 43.7 Å². The van der Waals surface area contributed by atoms with Gasteiger partial charge in [0.1, 0.15) is 11.2 Å². The van der Waals surface area contributed by atoms with E-state index >= 15 is 0 Å². The third-order valence-corrected chi connectivity index (χ3v) is 5.59. The molecule has 0 aliphatic rings. The normalized spacial score (nSPS) is 14.4. The minimum absolute atomic E-state index is 0.306. The summed E-state index contributed by atoms with van der Waals surface area (Å²) < 4.78 is 6.12. The molecule has 4 rings (SSSR count). The van der Waals surface area contributed by atoms with Gasteiger partial charge < -0.3 is 19.8 Å². The molecule has 2 aromatic heterocycles. The highest BCUT2D eigenvalue weighted by molar-refractivity contribution is 6.30. The lowest BCUT2D eigenvalue weighted by Crippen LogP contribution is -2.52. The van der Waals surface area contributed by atoms with Crippen LogP contribution in [-0.4, -0.2) is 32.1 Å². The number of nitrogens with zero attached hydrogens (tertiary/aromatic N) is 2. The van der Waals surface area contributed by atoms with Gasteiger partial charge in [-0.1, -0.05) is 30.7 Å². The summed E-state index contributed by atoms with van der Waals surface area (Å²) in [7, 11) is 0. The molecule has 8 heteroatoms. The molecule has 2 aromatic carbocycles. The maximum atomic E-state index is 12.8. The number of aromatic nitrogens is 3. The van der Waals surface area contributed by atoms with Gasteiger partial charge in [0.15, 0.2) is 5.58 Å². The predicted octanol–water partition coefficient (Wildman–Crippen LogP) is 4.29. The van der Waals surface area contributed by atoms with Crippen LogP contribution in [0.5, 0.6) is 0 Å². The van der Waals surface area contributed by atoms with Crippen molar-refractivity contribution in [2.24, 2.45) is 0 Å². The number of fused-ring (bicyclic) bond motifs is 1. The first-order valence-electron chi connectivity index (χ1n) is 9.59. The van der Waals surface area contributed by atoms with Crippen LogP contribution in [-0.2, 0) is 5.54 Å². The van der Waals surface area contributed by atoms with E-state index in [-0.39, 0.29) is 5.91 Å². The fourth-order valence-corrected chi connectivity index (χ4v) is 3.76. The van der Waals surface area contributed by atoms with Crippen LogP contribution >= 0.6 is 11.6 Å². The van der Waals surface area contributed by atoms with Crippen LogP contribution in [0, 0.1) is 0 Å². The molecule has 0 aliphatic heterocycles. The van der Waals surface area contributed by atoms with E-state index in [4.69, 9.17) is 16.0 Å². The van der Waals surface area contributed by atoms with E-state index in [2.05, 4.69) is 20.3 Å². The van der Waals surface area contributed by atoms with Crippen molar-refractivity contribution in [2.75, 3.05) is 0 Å². The maximum Gasteiger partial charge on any atom is 0.270 e. The second kappa shape index (κ2) is 7.93. The molecule has 0 saturated carbocycles. The number of carbonyl (C=O) groups is 1. The Balaban J connectivity index is 1.83. The third-order valence-electron chi connectivity index (χ3n) is 5.34. The van der Waals surface area contributed by atoms with Crippen molar-refractivity contribution < 1.29 is 14.3 Å². The number of nitrogens with one attached hydrogen (secondary N) is 2. The Morgan fingerprint density at radius 1 is 1.30 bits per heavy atom. The Bertz CT molecular complexity index is 1170. The largest absolute Gasteiger partial charge is 0.436 e. The van der Waals surface area contributed by atoms with E-state index < -0.39 is 11.6 Å². The van der Waals surface area contributed by atoms with Gasteiger partial charge in [0.05, 0.1) is 24.2 Å². The molecule has 4 aromatic rings. The summed E-state index contributed by atoms with van der Waals surface area (Å²) in [5, 5.41) is 14.4. The van der Waals surface area contributed by atoms with Gasteiger partial charge in [-0.15, -0.1) is 0 Å². The zero-order chi connectivity index (χ0) is 21.3. The summed E-state index contributed by atoms with van der Waals surface area (Å²) in [5.41, 5.74) is 1.79. The van der Waals surface area contributed by atoms with Crippen molar-refractivity contribution in [2.45, 2.75) is 31.9 Å². The number of aromatic amines is 1. The number of aliphatic hydroxyl groups is 1. The average molecular weight is 425 g/mol. The van der Waals surface area contributed by atoms with Crippen LogP contribution in [0.25, 0.3) is 22.6 Å². The van der Waals surface area contributed by atoms with E-state index in [1.807, 2.05) is 37.3 Å². The Morgan fingerprint density at radius 3 is 2.70 bits per heavy atom. The smallest absolute Gasteiger partial charge is 0.270 e. The number of carbonyl (C=O) groups excluding carboxylic acids is 1. The van der Waals surface area contributed by atoms with Crippen LogP contribution in [0.1, 0.15) is 36.3 Å². The van der Waals surface area contributed by atoms with Gasteiger partial charge in [-0.2, -0.15) is 0 Å². The minimum Gasteiger partial charge on any atom is -0.436 e. The number of halogens is 1. The molecular weight excluding hydrogens is 404 g/mol. The molecule has 2 atom stereocenters. The van der Waals surface area contributed by atoms with Crippen LogP contribution in [0.2, 0.25) is 5.02 Å². The highest BCUT2D eigenvalue weighted by Gasteiger charge is 2.40. The molecule has 0 unspecified atom stereocenters. The van der Waals surface area contributed by atoms with Crippen molar-refractivity contribution in [1.29, 1.82) is 0 Å². The monoisotopic (exact) mass is 424 g/mol. The first-order chi connectivity index (χ1) is 14.4. The highest BCUT2D eigenvalue weighted by Crippen LogP contribution is 2.36. The SMILES string of the molecule is CC[C@@](NC(=O)c1cnc[nH]1)(c1cccc2nc(-c3ccc(Cl)cc3)oc12)[C@H](C)O. The lowest BCUT2D eigenvalue weighted by Gasteiger charge is -2.36. The first kappa shape index (κ1) is 20.1. The zero-order valence-corrected chi connectivity index (χ0v) is 17.3. The van der Waals surface area contributed by atoms with Crippen molar-refractivity contribution in [1.82, 2.24) is 20.3 Å². The zero-order valence-electron chi connectivity index (χ0n) is 16.5. The fraction of sp³-hybridized carbons (Fsp3) is 0.227. The third kappa shape index (κ3) is 3.46. The van der Waals surface area contributed by atoms with Gasteiger partial charge in [0.25, 0.3) is 5.91 Å². The Morgan fingerprint density at radius 2 is 2.07 bits per heavy atom. The van der Waals surface area contributed by atoms with Gasteiger partial charge in [0.2, 0.25) is 5.89 Å². The van der Waals surface area contributed by atoms with E-state index in [0.29, 0.717) is 39.7 Å². The molecule has 1 amide bonds. The second-order valence-corrected chi connectivity index (χ2v) is 7.54. The van der Waals surface area contributed by atoms with E-state index in [0.717, 1.165) is 5.56 Å². The van der Waals surface area contributed by atoms with Gasteiger partial charge in [-0.25, -0.2) is 9.97 Å². The van der Waals surface area contributed by atoms with E-state index in [9.17, 15) is 9.90 Å². The molecular formula is C22H21ClN4O3. The number of imidazole rings is 1. The summed E-state index contributed by atoms with van der Waals surface area (Å²) in [6.45, 7) is 3.54. The lowest BCUT2D eigenvalue weighted by atomic mass is 9.82. The van der Waals surface area contributed by atoms with Crippen LogP contribution < -0.4 is 5.32 Å². The molecule has 7 nitrogen and oxygen atoms in total. The number of hydrogen-bond donors (Lipinski definition) is 3. The molecule has 30 heavy (non-hydrogen) atoms. The van der Waals surface area contributed by atoms with Crippen LogP contribution in [0.15, 0.2) is 59.4 Å². The van der Waals surface area contributed by atoms with E-state index in [1.54, 1.807) is 19.1 Å². The summed E-state index contributed by atoms with van der Waals surface area (Å²) in [6.07, 6.45) is 2.40. The average Bonchev–Trinajstić information content (AvgIpc) is 3.42. The molecule has 0 bridgehead atoms. The van der Waals surface area contributed by atoms with Crippen molar-refractivity contribution in [3.63, 3.8) is 0 Å². The fourth-order valence-electron chi connectivity index (χ4n) is 3.64. The molecule has 0 fully saturated rings. The molecule has 0 radical (unpaired) electrons. The number of rotatable bonds is 6. The van der Waals surface area contributed by atoms with Crippen LogP contribution in [0.4, 0.5) is 0 Å². The Labute approximate surface area is 178 Å². The molecule has 0 spiro atoms. The topological polar surface area (TPSA) is 104 Å². The van der Waals surface area contributed by atoms with Gasteiger partial charge in [0, 0.05) is 16.1 Å². The number of hydrogen-bond acceptors (Lipinski definition) is 5. The minimum atomic E-state index is -1.08. The summed E-state index contributed by atoms with van der Waals surface area (Å²) in [6, 6.07) is 12.7. The number of oxazole rings is 1. The number of benzene rings is 2. The molecule has 3 N–H and O–H groups in total. The number of para-hydroxylation sites is 1. The molecule has 2 heterocycles. The van der Waals surface area contributed by atoms with Crippen LogP contribution in [0.3, 0.4) is 0 Å². The lowest BCUT2D eigenvalue weighted by molar-refractivity contribution is 0.0552. The quantitative estimate of drug-likeness (QED) is 0.428. The first-order valence-corrected chi connectivity index (χ1v) is 9.97. The summed E-state index contributed by atoms with van der Waals surface area (Å²) >= 11 is 5.98. The number of amides is 1. The number of aliphatic hydroxyl groups excluding tert-OH is 1. The van der Waals surface area contributed by atoms with E-state index in [1.165, 1.54) is 12.5 Å². The van der Waals surface area contributed by atoms with Gasteiger partial charge in [-0.3, -0.25) is 4.79 Å². The maximum absolute atomic E-state index is 12.8. The standard InChI is InChI=1S/C22H21ClN4O3/c1-3-22(13(2)28,27-20(29)18-11-24-12-25-18)16-5-4-6-17-19(16)30-21(26-17)14-7-9-15(23)10-8-14/h4-13,28H,3H2,1-2H3,(H,24,25)(H,27,29)/t13-,22-/m0/s1. The Kier molecular flexibility index (Phi) is 5.32. The second-order valence-electron chi connectivity index (χ2n) is 7.10. The molecule has 0 aliphatic carbocycles. The van der Waals surface area contributed by atoms with Crippen molar-refractivity contribution >= 4 is 28.6 Å².